The van der Waals surface area contributed by atoms with Crippen molar-refractivity contribution in [1.29, 1.82) is 0 Å². The molecular formula is C33H43N5O4. The average Bonchev–Trinajstić information content (AvgIpc) is 3.19. The van der Waals surface area contributed by atoms with E-state index >= 15 is 0 Å². The van der Waals surface area contributed by atoms with Crippen LogP contribution >= 0.6 is 0 Å². The molecule has 0 spiro atoms. The molecule has 42 heavy (non-hydrogen) atoms. The number of aromatic nitrogens is 2. The largest absolute Gasteiger partial charge is 0.459 e. The molecule has 2 heterocycles. The van der Waals surface area contributed by atoms with E-state index < -0.39 is 0 Å². The van der Waals surface area contributed by atoms with Gasteiger partial charge in [0.15, 0.2) is 5.82 Å². The lowest BCUT2D eigenvalue weighted by Crippen LogP contribution is -2.71. The topological polar surface area (TPSA) is 98.2 Å². The molecule has 6 rings (SSSR count). The number of nitrogens with one attached hydrogen (secondary N) is 1. The van der Waals surface area contributed by atoms with Gasteiger partial charge in [-0.1, -0.05) is 36.4 Å². The first-order chi connectivity index (χ1) is 20.5. The highest BCUT2D eigenvalue weighted by Gasteiger charge is 2.70. The predicted molar refractivity (Wildman–Crippen MR) is 166 cm³/mol. The van der Waals surface area contributed by atoms with Gasteiger partial charge in [0.1, 0.15) is 22.9 Å². The molecule has 3 saturated carbocycles. The number of esters is 1. The maximum absolute atomic E-state index is 12.3. The lowest BCUT2D eigenvalue weighted by atomic mass is 9.41. The molecule has 1 N–H and O–H groups in total. The van der Waals surface area contributed by atoms with Crippen LogP contribution in [-0.2, 0) is 31.8 Å². The van der Waals surface area contributed by atoms with E-state index in [4.69, 9.17) is 24.2 Å². The normalized spacial score (nSPS) is 23.0. The third-order valence-electron chi connectivity index (χ3n) is 8.40. The number of aliphatic imine (C=N–C) groups is 1. The summed E-state index contributed by atoms with van der Waals surface area (Å²) in [6.45, 7) is 12.3. The molecule has 0 unspecified atom stereocenters. The summed E-state index contributed by atoms with van der Waals surface area (Å²) >= 11 is 0. The standard InChI is InChI=1S/C33H43N5O4/c1-4-6-11-27(34-3)31-36-28(20-29(37-31)38-15-12-25-9-7-8-10-26(25)13-16-38)35-24-32-21-33(22-32,23-32)42-30(39)14-17-41-19-18-40-5-2/h4,6-11,20H,3,5,12-19,21-24H2,1-2H3,(H,35,36,37)/b6-4-,27-11-. The molecule has 1 aliphatic heterocycles. The Balaban J connectivity index is 1.20. The highest BCUT2D eigenvalue weighted by molar-refractivity contribution is 5.71. The quantitative estimate of drug-likeness (QED) is 0.137. The zero-order chi connectivity index (χ0) is 29.4. The van der Waals surface area contributed by atoms with Gasteiger partial charge >= 0.3 is 5.97 Å². The fourth-order valence-electron chi connectivity index (χ4n) is 6.36. The number of hydrogen-bond donors (Lipinski definition) is 1. The first kappa shape index (κ1) is 29.9. The van der Waals surface area contributed by atoms with Crippen molar-refractivity contribution in [3.8, 4) is 0 Å². The number of anilines is 2. The number of nitrogens with zero attached hydrogens (tertiary/aromatic N) is 4. The predicted octanol–water partition coefficient (Wildman–Crippen LogP) is 5.02. The molecule has 3 fully saturated rings. The third-order valence-corrected chi connectivity index (χ3v) is 8.40. The number of carbonyl (C=O) groups is 1. The van der Waals surface area contributed by atoms with Crippen molar-refractivity contribution in [2.45, 2.75) is 58.0 Å². The van der Waals surface area contributed by atoms with E-state index in [1.165, 1.54) is 11.1 Å². The van der Waals surface area contributed by atoms with Crippen molar-refractivity contribution in [1.82, 2.24) is 9.97 Å². The van der Waals surface area contributed by atoms with Crippen LogP contribution in [0.15, 0.2) is 53.6 Å². The SMILES string of the molecule is C=N/C(=C\C=C/C)c1nc(NCC23CC(OC(=O)CCOCCOCC)(C2)C3)cc(N2CCc3ccccc3CC2)n1. The lowest BCUT2D eigenvalue weighted by Gasteiger charge is -2.69. The van der Waals surface area contributed by atoms with Crippen molar-refractivity contribution < 1.29 is 19.0 Å². The second kappa shape index (κ2) is 13.6. The van der Waals surface area contributed by atoms with Gasteiger partial charge in [0.05, 0.1) is 26.2 Å². The molecule has 1 aromatic carbocycles. The molecule has 3 aliphatic carbocycles. The number of carbonyl (C=O) groups excluding carboxylic acids is 1. The Labute approximate surface area is 249 Å². The maximum atomic E-state index is 12.3. The minimum atomic E-state index is -0.303. The van der Waals surface area contributed by atoms with E-state index in [9.17, 15) is 4.79 Å². The van der Waals surface area contributed by atoms with Crippen molar-refractivity contribution in [3.05, 3.63) is 65.5 Å². The van der Waals surface area contributed by atoms with E-state index in [1.54, 1.807) is 0 Å². The summed E-state index contributed by atoms with van der Waals surface area (Å²) in [5, 5.41) is 3.58. The minimum absolute atomic E-state index is 0.129. The Morgan fingerprint density at radius 2 is 1.81 bits per heavy atom. The molecule has 9 heteroatoms. The van der Waals surface area contributed by atoms with Crippen molar-refractivity contribution >= 4 is 30.0 Å². The van der Waals surface area contributed by atoms with E-state index in [2.05, 4.69) is 46.2 Å². The highest BCUT2D eigenvalue weighted by atomic mass is 16.6. The molecule has 224 valence electrons. The van der Waals surface area contributed by atoms with Gasteiger partial charge in [0.2, 0.25) is 0 Å². The fourth-order valence-corrected chi connectivity index (χ4v) is 6.36. The molecule has 0 amide bonds. The summed E-state index contributed by atoms with van der Waals surface area (Å²) in [5.74, 6) is 2.02. The molecule has 0 radical (unpaired) electrons. The maximum Gasteiger partial charge on any atom is 0.308 e. The molecule has 4 aliphatic rings. The molecule has 2 aromatic rings. The van der Waals surface area contributed by atoms with Crippen molar-refractivity contribution in [2.75, 3.05) is 56.3 Å². The number of allylic oxidation sites excluding steroid dienone is 3. The summed E-state index contributed by atoms with van der Waals surface area (Å²) in [4.78, 5) is 28.7. The van der Waals surface area contributed by atoms with Crippen LogP contribution in [0.4, 0.5) is 11.6 Å². The molecule has 2 bridgehead atoms. The monoisotopic (exact) mass is 573 g/mol. The Bertz CT molecular complexity index is 1280. The third kappa shape index (κ3) is 7.07. The van der Waals surface area contributed by atoms with Gasteiger partial charge in [-0.3, -0.25) is 9.79 Å². The highest BCUT2D eigenvalue weighted by Crippen LogP contribution is 2.69. The minimum Gasteiger partial charge on any atom is -0.459 e. The Kier molecular flexibility index (Phi) is 9.69. The molecule has 9 nitrogen and oxygen atoms in total. The van der Waals surface area contributed by atoms with E-state index in [0.717, 1.165) is 63.4 Å². The summed E-state index contributed by atoms with van der Waals surface area (Å²) in [7, 11) is 0. The summed E-state index contributed by atoms with van der Waals surface area (Å²) in [6, 6.07) is 10.7. The van der Waals surface area contributed by atoms with Gasteiger partial charge in [-0.25, -0.2) is 9.97 Å². The number of ether oxygens (including phenoxy) is 3. The number of fused-ring (bicyclic) bond motifs is 1. The average molecular weight is 574 g/mol. The van der Waals surface area contributed by atoms with Gasteiger partial charge in [-0.05, 0) is 75.3 Å². The zero-order valence-electron chi connectivity index (χ0n) is 24.9. The van der Waals surface area contributed by atoms with Crippen LogP contribution in [0.1, 0.15) is 56.5 Å². The van der Waals surface area contributed by atoms with Crippen LogP contribution in [-0.4, -0.2) is 74.3 Å². The van der Waals surface area contributed by atoms with Crippen molar-refractivity contribution in [2.24, 2.45) is 10.4 Å². The number of rotatable bonds is 15. The first-order valence-corrected chi connectivity index (χ1v) is 15.1. The molecule has 0 atom stereocenters. The molecule has 0 saturated heterocycles. The Morgan fingerprint density at radius 1 is 1.10 bits per heavy atom. The second-order valence-corrected chi connectivity index (χ2v) is 11.5. The lowest BCUT2D eigenvalue weighted by molar-refractivity contribution is -0.268. The van der Waals surface area contributed by atoms with Gasteiger partial charge in [0, 0.05) is 32.3 Å². The van der Waals surface area contributed by atoms with Gasteiger partial charge < -0.3 is 24.4 Å². The van der Waals surface area contributed by atoms with Crippen LogP contribution in [0.5, 0.6) is 0 Å². The molecule has 1 aromatic heterocycles. The van der Waals surface area contributed by atoms with Gasteiger partial charge in [-0.2, -0.15) is 0 Å². The van der Waals surface area contributed by atoms with Crippen LogP contribution in [0.25, 0.3) is 5.70 Å². The first-order valence-electron chi connectivity index (χ1n) is 15.1. The van der Waals surface area contributed by atoms with Crippen molar-refractivity contribution in [3.63, 3.8) is 0 Å². The fraction of sp³-hybridized carbons (Fsp3) is 0.515. The van der Waals surface area contributed by atoms with E-state index in [1.807, 2.05) is 38.1 Å². The Morgan fingerprint density at radius 3 is 2.48 bits per heavy atom. The summed E-state index contributed by atoms with van der Waals surface area (Å²) < 4.78 is 16.5. The van der Waals surface area contributed by atoms with Gasteiger partial charge in [0.25, 0.3) is 0 Å². The van der Waals surface area contributed by atoms with Crippen LogP contribution in [0.3, 0.4) is 0 Å². The number of hydrogen-bond acceptors (Lipinski definition) is 9. The van der Waals surface area contributed by atoms with Gasteiger partial charge in [-0.15, -0.1) is 0 Å². The van der Waals surface area contributed by atoms with E-state index in [0.29, 0.717) is 37.9 Å². The van der Waals surface area contributed by atoms with Crippen LogP contribution in [0, 0.1) is 5.41 Å². The summed E-state index contributed by atoms with van der Waals surface area (Å²) in [6.07, 6.45) is 10.6. The summed E-state index contributed by atoms with van der Waals surface area (Å²) in [5.41, 5.74) is 3.27. The Hall–Kier alpha value is -3.56. The van der Waals surface area contributed by atoms with Crippen LogP contribution < -0.4 is 10.2 Å². The second-order valence-electron chi connectivity index (χ2n) is 11.5. The van der Waals surface area contributed by atoms with Crippen LogP contribution in [0.2, 0.25) is 0 Å². The molecular weight excluding hydrogens is 530 g/mol. The smallest absolute Gasteiger partial charge is 0.308 e. The number of benzene rings is 1. The zero-order valence-corrected chi connectivity index (χ0v) is 24.9. The van der Waals surface area contributed by atoms with E-state index in [-0.39, 0.29) is 23.4 Å².